The molecule has 1 aliphatic heterocycles. The predicted octanol–water partition coefficient (Wildman–Crippen LogP) is -0.968. The average molecular weight is 298 g/mol. The predicted molar refractivity (Wildman–Crippen MR) is 77.9 cm³/mol. The summed E-state index contributed by atoms with van der Waals surface area (Å²) in [5.74, 6) is -0.548. The van der Waals surface area contributed by atoms with Gasteiger partial charge < -0.3 is 21.9 Å². The number of nitrogens with two attached hydrogens (primary N) is 2. The number of likely N-dealkylation sites (tertiary alicyclic amines) is 1. The molecule has 0 aromatic heterocycles. The highest BCUT2D eigenvalue weighted by Gasteiger charge is 2.48. The lowest BCUT2D eigenvalue weighted by Gasteiger charge is -2.47. The van der Waals surface area contributed by atoms with Crippen molar-refractivity contribution < 1.29 is 14.7 Å². The second kappa shape index (κ2) is 6.72. The number of nitrogens with one attached hydrogen (secondary N) is 1. The van der Waals surface area contributed by atoms with Crippen LogP contribution in [0.3, 0.4) is 0 Å². The first kappa shape index (κ1) is 16.2. The summed E-state index contributed by atoms with van der Waals surface area (Å²) in [6.07, 6.45) is 4.67. The minimum absolute atomic E-state index is 0.107. The van der Waals surface area contributed by atoms with Gasteiger partial charge in [-0.15, -0.1) is 0 Å². The number of aliphatic hydroxyl groups is 1. The highest BCUT2D eigenvalue weighted by atomic mass is 16.3. The van der Waals surface area contributed by atoms with Crippen molar-refractivity contribution in [1.82, 2.24) is 10.2 Å². The van der Waals surface area contributed by atoms with Crippen LogP contribution in [0.25, 0.3) is 0 Å². The molecule has 0 spiro atoms. The molecule has 6 N–H and O–H groups in total. The second-order valence-corrected chi connectivity index (χ2v) is 6.14. The molecule has 7 nitrogen and oxygen atoms in total. The zero-order valence-electron chi connectivity index (χ0n) is 12.4. The molecular weight excluding hydrogens is 272 g/mol. The number of rotatable bonds is 5. The molecule has 2 rings (SSSR count). The van der Waals surface area contributed by atoms with Crippen LogP contribution in [0.5, 0.6) is 0 Å². The normalized spacial score (nSPS) is 29.2. The van der Waals surface area contributed by atoms with Crippen LogP contribution in [0.2, 0.25) is 0 Å². The van der Waals surface area contributed by atoms with Gasteiger partial charge in [-0.05, 0) is 32.1 Å². The summed E-state index contributed by atoms with van der Waals surface area (Å²) in [6, 6.07) is -0.517. The fourth-order valence-electron chi connectivity index (χ4n) is 3.63. The van der Waals surface area contributed by atoms with E-state index < -0.39 is 23.7 Å². The molecule has 0 radical (unpaired) electrons. The zero-order valence-corrected chi connectivity index (χ0v) is 12.4. The van der Waals surface area contributed by atoms with Gasteiger partial charge in [-0.1, -0.05) is 6.42 Å². The maximum absolute atomic E-state index is 12.0. The Morgan fingerprint density at radius 1 is 1.29 bits per heavy atom. The quantitative estimate of drug-likeness (QED) is 0.520. The highest BCUT2D eigenvalue weighted by molar-refractivity contribution is 5.81. The van der Waals surface area contributed by atoms with Gasteiger partial charge in [0.1, 0.15) is 0 Å². The van der Waals surface area contributed by atoms with Crippen LogP contribution in [-0.2, 0) is 9.59 Å². The van der Waals surface area contributed by atoms with Crippen LogP contribution in [0, 0.1) is 0 Å². The number of β-amino-alcohol motifs (C(OH)–C–C–N with tert-alkyl or cyclic N) is 1. The van der Waals surface area contributed by atoms with Crippen molar-refractivity contribution in [3.05, 3.63) is 0 Å². The number of hydrogen-bond donors (Lipinski definition) is 4. The number of primary amides is 1. The molecule has 2 amide bonds. The maximum atomic E-state index is 12.0. The first-order valence-corrected chi connectivity index (χ1v) is 7.74. The largest absolute Gasteiger partial charge is 0.392 e. The smallest absolute Gasteiger partial charge is 0.234 e. The maximum Gasteiger partial charge on any atom is 0.234 e. The third kappa shape index (κ3) is 3.53. The summed E-state index contributed by atoms with van der Waals surface area (Å²) in [6.45, 7) is 0.667. The summed E-state index contributed by atoms with van der Waals surface area (Å²) >= 11 is 0. The van der Waals surface area contributed by atoms with Gasteiger partial charge in [0.05, 0.1) is 17.8 Å². The van der Waals surface area contributed by atoms with E-state index in [2.05, 4.69) is 5.32 Å². The van der Waals surface area contributed by atoms with Crippen molar-refractivity contribution in [3.8, 4) is 0 Å². The summed E-state index contributed by atoms with van der Waals surface area (Å²) in [7, 11) is 0. The summed E-state index contributed by atoms with van der Waals surface area (Å²) in [5.41, 5.74) is 10.4. The lowest BCUT2D eigenvalue weighted by atomic mass is 9.86. The van der Waals surface area contributed by atoms with E-state index in [9.17, 15) is 14.7 Å². The molecule has 2 aliphatic rings. The SMILES string of the molecule is NCCC(=O)NC1(N2CC(O)CC2C(N)=O)CCCCC1. The molecule has 21 heavy (non-hydrogen) atoms. The van der Waals surface area contributed by atoms with Crippen LogP contribution in [0.15, 0.2) is 0 Å². The van der Waals surface area contributed by atoms with E-state index in [1.807, 2.05) is 4.90 Å². The Balaban J connectivity index is 2.21. The second-order valence-electron chi connectivity index (χ2n) is 6.14. The average Bonchev–Trinajstić information content (AvgIpc) is 2.83. The molecule has 0 bridgehead atoms. The molecule has 1 aliphatic carbocycles. The van der Waals surface area contributed by atoms with Gasteiger partial charge in [0.15, 0.2) is 0 Å². The van der Waals surface area contributed by atoms with Gasteiger partial charge in [0.25, 0.3) is 0 Å². The Bertz CT molecular complexity index is 396. The molecular formula is C14H26N4O3. The zero-order chi connectivity index (χ0) is 15.5. The lowest BCUT2D eigenvalue weighted by molar-refractivity contribution is -0.133. The van der Waals surface area contributed by atoms with Crippen molar-refractivity contribution in [2.24, 2.45) is 11.5 Å². The Morgan fingerprint density at radius 3 is 2.52 bits per heavy atom. The number of carbonyl (C=O) groups is 2. The first-order chi connectivity index (χ1) is 9.98. The number of hydrogen-bond acceptors (Lipinski definition) is 5. The number of nitrogens with zero attached hydrogens (tertiary/aromatic N) is 1. The van der Waals surface area contributed by atoms with Gasteiger partial charge in [0, 0.05) is 19.5 Å². The monoisotopic (exact) mass is 298 g/mol. The summed E-state index contributed by atoms with van der Waals surface area (Å²) < 4.78 is 0. The Kier molecular flexibility index (Phi) is 5.18. The molecule has 1 heterocycles. The van der Waals surface area contributed by atoms with E-state index in [0.29, 0.717) is 19.5 Å². The van der Waals surface area contributed by atoms with E-state index in [1.165, 1.54) is 0 Å². The van der Waals surface area contributed by atoms with Crippen LogP contribution in [0.1, 0.15) is 44.9 Å². The van der Waals surface area contributed by atoms with Crippen LogP contribution in [0.4, 0.5) is 0 Å². The Labute approximate surface area is 125 Å². The summed E-state index contributed by atoms with van der Waals surface area (Å²) in [5, 5.41) is 13.0. The lowest BCUT2D eigenvalue weighted by Crippen LogP contribution is -2.64. The van der Waals surface area contributed by atoms with Gasteiger partial charge in [-0.25, -0.2) is 0 Å². The van der Waals surface area contributed by atoms with Gasteiger partial charge in [-0.2, -0.15) is 0 Å². The third-order valence-electron chi connectivity index (χ3n) is 4.58. The van der Waals surface area contributed by atoms with Crippen molar-refractivity contribution in [3.63, 3.8) is 0 Å². The number of carbonyl (C=O) groups excluding carboxylic acids is 2. The molecule has 0 aromatic carbocycles. The standard InChI is InChI=1S/C14H26N4O3/c15-7-4-12(20)17-14(5-2-1-3-6-14)18-9-10(19)8-11(18)13(16)21/h10-11,19H,1-9,15H2,(H2,16,21)(H,17,20). The fourth-order valence-corrected chi connectivity index (χ4v) is 3.63. The number of amides is 2. The minimum atomic E-state index is -0.576. The van der Waals surface area contributed by atoms with Crippen molar-refractivity contribution in [2.45, 2.75) is 62.8 Å². The van der Waals surface area contributed by atoms with E-state index in [0.717, 1.165) is 32.1 Å². The van der Waals surface area contributed by atoms with Crippen molar-refractivity contribution >= 4 is 11.8 Å². The topological polar surface area (TPSA) is 122 Å². The Morgan fingerprint density at radius 2 is 1.95 bits per heavy atom. The van der Waals surface area contributed by atoms with Crippen LogP contribution in [-0.4, -0.2) is 52.7 Å². The van der Waals surface area contributed by atoms with Gasteiger partial charge >= 0.3 is 0 Å². The molecule has 2 atom stereocenters. The van der Waals surface area contributed by atoms with E-state index in [-0.39, 0.29) is 12.3 Å². The minimum Gasteiger partial charge on any atom is -0.392 e. The molecule has 1 saturated carbocycles. The molecule has 1 saturated heterocycles. The van der Waals surface area contributed by atoms with Crippen LogP contribution >= 0.6 is 0 Å². The third-order valence-corrected chi connectivity index (χ3v) is 4.58. The first-order valence-electron chi connectivity index (χ1n) is 7.74. The molecule has 7 heteroatoms. The summed E-state index contributed by atoms with van der Waals surface area (Å²) in [4.78, 5) is 25.6. The Hall–Kier alpha value is -1.18. The van der Waals surface area contributed by atoms with Gasteiger partial charge in [0.2, 0.25) is 11.8 Å². The van der Waals surface area contributed by atoms with Gasteiger partial charge in [-0.3, -0.25) is 14.5 Å². The fraction of sp³-hybridized carbons (Fsp3) is 0.857. The van der Waals surface area contributed by atoms with E-state index in [4.69, 9.17) is 11.5 Å². The number of aliphatic hydroxyl groups excluding tert-OH is 1. The molecule has 0 aromatic rings. The molecule has 2 fully saturated rings. The van der Waals surface area contributed by atoms with Crippen molar-refractivity contribution in [1.29, 1.82) is 0 Å². The molecule has 2 unspecified atom stereocenters. The highest BCUT2D eigenvalue weighted by Crippen LogP contribution is 2.36. The molecule has 120 valence electrons. The van der Waals surface area contributed by atoms with Crippen LogP contribution < -0.4 is 16.8 Å². The van der Waals surface area contributed by atoms with Crippen molar-refractivity contribution in [2.75, 3.05) is 13.1 Å². The van der Waals surface area contributed by atoms with E-state index in [1.54, 1.807) is 0 Å². The van der Waals surface area contributed by atoms with E-state index >= 15 is 0 Å².